The number of nitrogens with zero attached hydrogens (tertiary/aromatic N) is 1. The van der Waals surface area contributed by atoms with Crippen LogP contribution in [0.3, 0.4) is 0 Å². The van der Waals surface area contributed by atoms with E-state index < -0.39 is 0 Å². The van der Waals surface area contributed by atoms with Gasteiger partial charge in [-0.05, 0) is 19.8 Å². The molecule has 0 aliphatic carbocycles. The predicted molar refractivity (Wildman–Crippen MR) is 83.8 cm³/mol. The van der Waals surface area contributed by atoms with Crippen molar-refractivity contribution in [2.75, 3.05) is 13.6 Å². The highest BCUT2D eigenvalue weighted by Crippen LogP contribution is 1.97. The molecule has 1 atom stereocenters. The summed E-state index contributed by atoms with van der Waals surface area (Å²) < 4.78 is 0. The topological polar surface area (TPSA) is 36.4 Å². The van der Waals surface area contributed by atoms with Gasteiger partial charge in [0, 0.05) is 19.6 Å². The summed E-state index contributed by atoms with van der Waals surface area (Å²) in [6, 6.07) is 0.492. The molecule has 16 heavy (non-hydrogen) atoms. The Kier molecular flexibility index (Phi) is 15.0. The van der Waals surface area contributed by atoms with Gasteiger partial charge in [-0.15, -0.1) is 24.0 Å². The van der Waals surface area contributed by atoms with Crippen LogP contribution >= 0.6 is 24.0 Å². The molecule has 0 heterocycles. The third kappa shape index (κ3) is 10.5. The van der Waals surface area contributed by atoms with E-state index in [-0.39, 0.29) is 24.0 Å². The summed E-state index contributed by atoms with van der Waals surface area (Å²) in [5.74, 6) is 0.931. The number of aliphatic imine (C=N–C) groups is 1. The minimum atomic E-state index is 0. The van der Waals surface area contributed by atoms with Crippen molar-refractivity contribution < 1.29 is 0 Å². The summed E-state index contributed by atoms with van der Waals surface area (Å²) in [5, 5.41) is 6.68. The van der Waals surface area contributed by atoms with Crippen LogP contribution in [0.2, 0.25) is 0 Å². The summed E-state index contributed by atoms with van der Waals surface area (Å²) in [6.45, 7) is 7.60. The minimum Gasteiger partial charge on any atom is -0.356 e. The van der Waals surface area contributed by atoms with E-state index in [4.69, 9.17) is 0 Å². The van der Waals surface area contributed by atoms with Crippen LogP contribution in [0.1, 0.15) is 52.9 Å². The van der Waals surface area contributed by atoms with Crippen LogP contribution in [0.5, 0.6) is 0 Å². The van der Waals surface area contributed by atoms with Crippen molar-refractivity contribution in [3.8, 4) is 0 Å². The summed E-state index contributed by atoms with van der Waals surface area (Å²) >= 11 is 0. The monoisotopic (exact) mass is 341 g/mol. The average Bonchev–Trinajstić information content (AvgIpc) is 2.26. The van der Waals surface area contributed by atoms with Crippen LogP contribution in [0.15, 0.2) is 4.99 Å². The van der Waals surface area contributed by atoms with E-state index in [2.05, 4.69) is 36.4 Å². The van der Waals surface area contributed by atoms with Crippen molar-refractivity contribution in [3.05, 3.63) is 0 Å². The van der Waals surface area contributed by atoms with E-state index in [9.17, 15) is 0 Å². The van der Waals surface area contributed by atoms with Crippen molar-refractivity contribution in [3.63, 3.8) is 0 Å². The fourth-order valence-electron chi connectivity index (χ4n) is 1.29. The molecule has 0 bridgehead atoms. The maximum absolute atomic E-state index is 4.19. The van der Waals surface area contributed by atoms with Crippen LogP contribution < -0.4 is 10.6 Å². The molecule has 0 aromatic carbocycles. The van der Waals surface area contributed by atoms with Crippen molar-refractivity contribution >= 4 is 29.9 Å². The quantitative estimate of drug-likeness (QED) is 0.323. The fraction of sp³-hybridized carbons (Fsp3) is 0.917. The summed E-state index contributed by atoms with van der Waals surface area (Å²) in [5.41, 5.74) is 0. The number of hydrogen-bond donors (Lipinski definition) is 2. The molecule has 3 nitrogen and oxygen atoms in total. The van der Waals surface area contributed by atoms with Crippen LogP contribution in [0.25, 0.3) is 0 Å². The first-order chi connectivity index (χ1) is 7.24. The third-order valence-corrected chi connectivity index (χ3v) is 2.54. The lowest BCUT2D eigenvalue weighted by molar-refractivity contribution is 0.609. The highest BCUT2D eigenvalue weighted by atomic mass is 127. The highest BCUT2D eigenvalue weighted by Gasteiger charge is 2.01. The first-order valence-corrected chi connectivity index (χ1v) is 6.21. The Balaban J connectivity index is 0. The first-order valence-electron chi connectivity index (χ1n) is 6.21. The zero-order valence-corrected chi connectivity index (χ0v) is 13.5. The Morgan fingerprint density at radius 1 is 1.19 bits per heavy atom. The van der Waals surface area contributed by atoms with Gasteiger partial charge in [-0.1, -0.05) is 33.1 Å². The SMILES string of the molecule is CCCCCCNC(=NC)NC(C)CC.I. The van der Waals surface area contributed by atoms with E-state index in [1.807, 2.05) is 7.05 Å². The molecule has 0 amide bonds. The van der Waals surface area contributed by atoms with Crippen molar-refractivity contribution in [2.24, 2.45) is 4.99 Å². The second kappa shape index (κ2) is 13.1. The zero-order chi connectivity index (χ0) is 11.5. The van der Waals surface area contributed by atoms with E-state index in [0.717, 1.165) is 18.9 Å². The Bertz CT molecular complexity index is 172. The molecule has 0 radical (unpaired) electrons. The lowest BCUT2D eigenvalue weighted by atomic mass is 10.2. The van der Waals surface area contributed by atoms with Gasteiger partial charge < -0.3 is 10.6 Å². The summed E-state index contributed by atoms with van der Waals surface area (Å²) in [7, 11) is 1.82. The van der Waals surface area contributed by atoms with E-state index in [0.29, 0.717) is 6.04 Å². The Hall–Kier alpha value is 0. The molecule has 0 rings (SSSR count). The minimum absolute atomic E-state index is 0. The van der Waals surface area contributed by atoms with Gasteiger partial charge in [0.2, 0.25) is 0 Å². The van der Waals surface area contributed by atoms with E-state index in [1.165, 1.54) is 25.7 Å². The molecule has 1 unspecified atom stereocenters. The van der Waals surface area contributed by atoms with Crippen LogP contribution in [-0.4, -0.2) is 25.6 Å². The lowest BCUT2D eigenvalue weighted by Gasteiger charge is -2.16. The Morgan fingerprint density at radius 2 is 1.88 bits per heavy atom. The molecule has 0 fully saturated rings. The summed E-state index contributed by atoms with van der Waals surface area (Å²) in [4.78, 5) is 4.19. The number of unbranched alkanes of at least 4 members (excludes halogenated alkanes) is 3. The van der Waals surface area contributed by atoms with Crippen molar-refractivity contribution in [1.29, 1.82) is 0 Å². The van der Waals surface area contributed by atoms with E-state index in [1.54, 1.807) is 0 Å². The number of nitrogens with one attached hydrogen (secondary N) is 2. The number of hydrogen-bond acceptors (Lipinski definition) is 1. The molecule has 0 aromatic rings. The molecule has 0 spiro atoms. The molecule has 0 aliphatic rings. The van der Waals surface area contributed by atoms with Crippen molar-refractivity contribution in [1.82, 2.24) is 10.6 Å². The van der Waals surface area contributed by atoms with Gasteiger partial charge in [0.15, 0.2) is 5.96 Å². The maximum atomic E-state index is 4.19. The van der Waals surface area contributed by atoms with Gasteiger partial charge in [0.05, 0.1) is 0 Å². The van der Waals surface area contributed by atoms with Gasteiger partial charge in [-0.3, -0.25) is 4.99 Å². The van der Waals surface area contributed by atoms with Gasteiger partial charge in [-0.2, -0.15) is 0 Å². The predicted octanol–water partition coefficient (Wildman–Crippen LogP) is 3.15. The van der Waals surface area contributed by atoms with Crippen LogP contribution in [0.4, 0.5) is 0 Å². The zero-order valence-electron chi connectivity index (χ0n) is 11.2. The van der Waals surface area contributed by atoms with Gasteiger partial charge in [-0.25, -0.2) is 0 Å². The second-order valence-corrected chi connectivity index (χ2v) is 4.01. The molecule has 0 aliphatic heterocycles. The standard InChI is InChI=1S/C12H27N3.HI/c1-5-7-8-9-10-14-12(13-4)15-11(3)6-2;/h11H,5-10H2,1-4H3,(H2,13,14,15);1H. The third-order valence-electron chi connectivity index (χ3n) is 2.54. The second-order valence-electron chi connectivity index (χ2n) is 4.01. The number of rotatable bonds is 7. The molecule has 0 aromatic heterocycles. The number of guanidine groups is 1. The first kappa shape index (κ1) is 18.4. The molecular formula is C12H28IN3. The number of halogens is 1. The molecule has 4 heteroatoms. The van der Waals surface area contributed by atoms with Crippen LogP contribution in [-0.2, 0) is 0 Å². The highest BCUT2D eigenvalue weighted by molar-refractivity contribution is 14.0. The maximum Gasteiger partial charge on any atom is 0.191 e. The molecule has 0 saturated heterocycles. The Labute approximate surface area is 118 Å². The normalized spacial score (nSPS) is 12.9. The summed E-state index contributed by atoms with van der Waals surface area (Å²) in [6.07, 6.45) is 6.29. The van der Waals surface area contributed by atoms with Gasteiger partial charge in [0.1, 0.15) is 0 Å². The van der Waals surface area contributed by atoms with E-state index >= 15 is 0 Å². The molecule has 2 N–H and O–H groups in total. The van der Waals surface area contributed by atoms with Gasteiger partial charge in [0.25, 0.3) is 0 Å². The smallest absolute Gasteiger partial charge is 0.191 e. The largest absolute Gasteiger partial charge is 0.356 e. The average molecular weight is 341 g/mol. The van der Waals surface area contributed by atoms with Crippen LogP contribution in [0, 0.1) is 0 Å². The van der Waals surface area contributed by atoms with Crippen molar-refractivity contribution in [2.45, 2.75) is 58.9 Å². The fourth-order valence-corrected chi connectivity index (χ4v) is 1.29. The Morgan fingerprint density at radius 3 is 2.38 bits per heavy atom. The van der Waals surface area contributed by atoms with Gasteiger partial charge >= 0.3 is 0 Å². The lowest BCUT2D eigenvalue weighted by Crippen LogP contribution is -2.42. The molecular weight excluding hydrogens is 313 g/mol. The molecule has 0 saturated carbocycles. The molecule has 98 valence electrons.